The molecule has 0 radical (unpaired) electrons. The van der Waals surface area contributed by atoms with Gasteiger partial charge in [-0.25, -0.2) is 0 Å². The second-order valence-electron chi connectivity index (χ2n) is 10.3. The highest BCUT2D eigenvalue weighted by Gasteiger charge is 2.39. The summed E-state index contributed by atoms with van der Waals surface area (Å²) in [5.41, 5.74) is -0.0963. The molecule has 0 fully saturated rings. The molecule has 0 aromatic carbocycles. The number of ether oxygens (including phenoxy) is 2. The van der Waals surface area contributed by atoms with Crippen LogP contribution >= 0.6 is 0 Å². The summed E-state index contributed by atoms with van der Waals surface area (Å²) >= 11 is 0. The monoisotopic (exact) mass is 387 g/mol. The van der Waals surface area contributed by atoms with E-state index < -0.39 is 5.79 Å². The Morgan fingerprint density at radius 2 is 1.15 bits per heavy atom. The maximum atomic E-state index is 11.9. The quantitative estimate of drug-likeness (QED) is 0.375. The van der Waals surface area contributed by atoms with Gasteiger partial charge in [-0.2, -0.15) is 0 Å². The van der Waals surface area contributed by atoms with Gasteiger partial charge in [-0.1, -0.05) is 20.8 Å². The summed E-state index contributed by atoms with van der Waals surface area (Å²) < 4.78 is 12.1. The second kappa shape index (κ2) is 10.7. The lowest BCUT2D eigenvalue weighted by atomic mass is 9.86. The predicted molar refractivity (Wildman–Crippen MR) is 113 cm³/mol. The molecule has 0 bridgehead atoms. The van der Waals surface area contributed by atoms with Gasteiger partial charge in [0.2, 0.25) is 5.91 Å². The summed E-state index contributed by atoms with van der Waals surface area (Å²) in [7, 11) is 0. The van der Waals surface area contributed by atoms with Gasteiger partial charge in [0.15, 0.2) is 5.79 Å². The number of hydrogen-bond donors (Lipinski definition) is 3. The zero-order chi connectivity index (χ0) is 21.4. The van der Waals surface area contributed by atoms with E-state index in [1.54, 1.807) is 0 Å². The van der Waals surface area contributed by atoms with Crippen LogP contribution in [0.5, 0.6) is 0 Å². The summed E-state index contributed by atoms with van der Waals surface area (Å²) in [6, 6.07) is 0. The van der Waals surface area contributed by atoms with Crippen molar-refractivity contribution < 1.29 is 14.3 Å². The van der Waals surface area contributed by atoms with Crippen LogP contribution in [0.4, 0.5) is 0 Å². The van der Waals surface area contributed by atoms with E-state index in [1.165, 1.54) is 0 Å². The zero-order valence-corrected chi connectivity index (χ0v) is 19.5. The lowest BCUT2D eigenvalue weighted by Crippen LogP contribution is -2.48. The summed E-state index contributed by atoms with van der Waals surface area (Å²) in [4.78, 5) is 11.9. The molecule has 0 aliphatic carbocycles. The van der Waals surface area contributed by atoms with E-state index in [0.717, 1.165) is 6.54 Å². The van der Waals surface area contributed by atoms with E-state index in [4.69, 9.17) is 9.47 Å². The molecule has 0 rings (SSSR count). The van der Waals surface area contributed by atoms with Crippen LogP contribution in [0.3, 0.4) is 0 Å². The molecule has 0 heterocycles. The van der Waals surface area contributed by atoms with Gasteiger partial charge in [0.05, 0.1) is 13.2 Å². The molecule has 0 saturated carbocycles. The van der Waals surface area contributed by atoms with E-state index in [-0.39, 0.29) is 22.4 Å². The Kier molecular flexibility index (Phi) is 10.5. The third-order valence-corrected chi connectivity index (χ3v) is 4.31. The van der Waals surface area contributed by atoms with Crippen molar-refractivity contribution in [3.8, 4) is 0 Å². The lowest BCUT2D eigenvalue weighted by Gasteiger charge is -2.41. The average molecular weight is 388 g/mol. The van der Waals surface area contributed by atoms with Gasteiger partial charge in [-0.3, -0.25) is 4.79 Å². The average Bonchev–Trinajstić information content (AvgIpc) is 2.45. The highest BCUT2D eigenvalue weighted by molar-refractivity contribution is 5.76. The summed E-state index contributed by atoms with van der Waals surface area (Å²) in [5, 5.41) is 9.63. The van der Waals surface area contributed by atoms with E-state index in [2.05, 4.69) is 78.3 Å². The largest absolute Gasteiger partial charge is 0.354 e. The van der Waals surface area contributed by atoms with E-state index in [0.29, 0.717) is 32.7 Å². The first kappa shape index (κ1) is 26.3. The Morgan fingerprint density at radius 3 is 1.59 bits per heavy atom. The highest BCUT2D eigenvalue weighted by Crippen LogP contribution is 2.34. The molecule has 0 aromatic heterocycles. The zero-order valence-electron chi connectivity index (χ0n) is 19.5. The molecule has 162 valence electrons. The summed E-state index contributed by atoms with van der Waals surface area (Å²) in [6.45, 7) is 23.8. The van der Waals surface area contributed by atoms with E-state index in [9.17, 15) is 4.79 Å². The number of rotatable bonds is 11. The molecule has 6 nitrogen and oxygen atoms in total. The van der Waals surface area contributed by atoms with E-state index in [1.807, 2.05) is 6.92 Å². The van der Waals surface area contributed by atoms with Crippen LogP contribution in [0.2, 0.25) is 0 Å². The first-order chi connectivity index (χ1) is 12.1. The normalized spacial score (nSPS) is 15.5. The molecule has 1 unspecified atom stereocenters. The van der Waals surface area contributed by atoms with Crippen LogP contribution < -0.4 is 16.0 Å². The molecular weight excluding hydrogens is 342 g/mol. The predicted octanol–water partition coefficient (Wildman–Crippen LogP) is 3.06. The topological polar surface area (TPSA) is 71.6 Å². The van der Waals surface area contributed by atoms with Crippen LogP contribution in [0.15, 0.2) is 0 Å². The molecule has 0 aliphatic rings. The van der Waals surface area contributed by atoms with Gasteiger partial charge in [-0.15, -0.1) is 0 Å². The standard InChI is InChI=1S/C21H45N3O3/c1-18(2,3)21(10,27-16-14-24-20(7,8)9)26-15-13-22-17(25)11-12-23-19(4,5)6/h23-24H,11-16H2,1-10H3,(H,22,25). The second-order valence-corrected chi connectivity index (χ2v) is 10.3. The maximum Gasteiger partial charge on any atom is 0.221 e. The molecule has 1 amide bonds. The molecule has 0 aliphatic heterocycles. The number of carbonyl (C=O) groups excluding carboxylic acids is 1. The fourth-order valence-corrected chi connectivity index (χ4v) is 2.22. The van der Waals surface area contributed by atoms with Crippen LogP contribution in [0.1, 0.15) is 75.7 Å². The first-order valence-corrected chi connectivity index (χ1v) is 10.1. The molecule has 0 saturated heterocycles. The van der Waals surface area contributed by atoms with Crippen molar-refractivity contribution >= 4 is 5.91 Å². The Hall–Kier alpha value is -0.690. The Bertz CT molecular complexity index is 433. The Balaban J connectivity index is 4.26. The Labute approximate surface area is 167 Å². The molecular formula is C21H45N3O3. The van der Waals surface area contributed by atoms with Gasteiger partial charge in [0.1, 0.15) is 0 Å². The van der Waals surface area contributed by atoms with Crippen LogP contribution in [0, 0.1) is 5.41 Å². The fourth-order valence-electron chi connectivity index (χ4n) is 2.22. The molecule has 27 heavy (non-hydrogen) atoms. The van der Waals surface area contributed by atoms with Crippen molar-refractivity contribution in [3.05, 3.63) is 0 Å². The number of hydrogen-bond acceptors (Lipinski definition) is 5. The van der Waals surface area contributed by atoms with Crippen LogP contribution in [0.25, 0.3) is 0 Å². The van der Waals surface area contributed by atoms with Crippen molar-refractivity contribution in [1.82, 2.24) is 16.0 Å². The third-order valence-electron chi connectivity index (χ3n) is 4.31. The fraction of sp³-hybridized carbons (Fsp3) is 0.952. The van der Waals surface area contributed by atoms with Crippen molar-refractivity contribution in [2.24, 2.45) is 5.41 Å². The van der Waals surface area contributed by atoms with Gasteiger partial charge in [0, 0.05) is 42.5 Å². The van der Waals surface area contributed by atoms with Crippen LogP contribution in [-0.4, -0.2) is 55.6 Å². The molecule has 3 N–H and O–H groups in total. The van der Waals surface area contributed by atoms with Crippen LogP contribution in [-0.2, 0) is 14.3 Å². The van der Waals surface area contributed by atoms with Gasteiger partial charge < -0.3 is 25.4 Å². The van der Waals surface area contributed by atoms with E-state index >= 15 is 0 Å². The van der Waals surface area contributed by atoms with Gasteiger partial charge >= 0.3 is 0 Å². The molecule has 0 aromatic rings. The first-order valence-electron chi connectivity index (χ1n) is 10.1. The summed E-state index contributed by atoms with van der Waals surface area (Å²) in [5.74, 6) is -0.687. The third kappa shape index (κ3) is 13.2. The lowest BCUT2D eigenvalue weighted by molar-refractivity contribution is -0.276. The Morgan fingerprint density at radius 1 is 0.704 bits per heavy atom. The number of amides is 1. The molecule has 0 spiro atoms. The highest BCUT2D eigenvalue weighted by atomic mass is 16.7. The molecule has 6 heteroatoms. The van der Waals surface area contributed by atoms with Crippen molar-refractivity contribution in [1.29, 1.82) is 0 Å². The van der Waals surface area contributed by atoms with Crippen molar-refractivity contribution in [2.75, 3.05) is 32.8 Å². The number of nitrogens with one attached hydrogen (secondary N) is 3. The van der Waals surface area contributed by atoms with Gasteiger partial charge in [0.25, 0.3) is 0 Å². The minimum Gasteiger partial charge on any atom is -0.354 e. The SMILES string of the molecule is CC(C)(C)NCCOC(C)(OCCNC(=O)CCNC(C)(C)C)C(C)(C)C. The van der Waals surface area contributed by atoms with Crippen molar-refractivity contribution in [2.45, 2.75) is 92.5 Å². The minimum absolute atomic E-state index is 0.0249. The number of carbonyl (C=O) groups is 1. The van der Waals surface area contributed by atoms with Gasteiger partial charge in [-0.05, 0) is 48.5 Å². The molecule has 1 atom stereocenters. The summed E-state index contributed by atoms with van der Waals surface area (Å²) in [6.07, 6.45) is 0.461. The van der Waals surface area contributed by atoms with Crippen molar-refractivity contribution in [3.63, 3.8) is 0 Å². The smallest absolute Gasteiger partial charge is 0.221 e. The maximum absolute atomic E-state index is 11.9. The minimum atomic E-state index is -0.717.